The molecule has 10 heteroatoms. The minimum atomic E-state index is -1.69. The summed E-state index contributed by atoms with van der Waals surface area (Å²) in [5.41, 5.74) is 0.669. The lowest BCUT2D eigenvalue weighted by Crippen LogP contribution is -2.66. The SMILES string of the molecule is CC(=O)N[C@H]1C(OC(=O)c2ccccc2)[C@@H](OC(=O)c2ccccc2)C(COC(=O)c2ccccc2)O[C@H]1O. The molecule has 0 radical (unpaired) electrons. The largest absolute Gasteiger partial charge is 0.459 e. The topological polar surface area (TPSA) is 137 Å². The fourth-order valence-corrected chi connectivity index (χ4v) is 4.07. The van der Waals surface area contributed by atoms with Crippen LogP contribution in [0, 0.1) is 0 Å². The highest BCUT2D eigenvalue weighted by Crippen LogP contribution is 2.28. The molecule has 1 aliphatic heterocycles. The van der Waals surface area contributed by atoms with Gasteiger partial charge in [0.15, 0.2) is 18.5 Å². The van der Waals surface area contributed by atoms with Crippen molar-refractivity contribution >= 4 is 23.8 Å². The predicted octanol–water partition coefficient (Wildman–Crippen LogP) is 2.52. The number of rotatable bonds is 8. The molecule has 10 nitrogen and oxygen atoms in total. The lowest BCUT2D eigenvalue weighted by atomic mass is 9.96. The predicted molar refractivity (Wildman–Crippen MR) is 136 cm³/mol. The highest BCUT2D eigenvalue weighted by atomic mass is 16.7. The van der Waals surface area contributed by atoms with Crippen LogP contribution in [0.2, 0.25) is 0 Å². The maximum atomic E-state index is 13.1. The molecule has 3 aromatic carbocycles. The van der Waals surface area contributed by atoms with Crippen molar-refractivity contribution in [2.75, 3.05) is 6.61 Å². The van der Waals surface area contributed by atoms with E-state index in [1.807, 2.05) is 0 Å². The number of amides is 1. The van der Waals surface area contributed by atoms with Gasteiger partial charge in [-0.1, -0.05) is 54.6 Å². The molecule has 3 aromatic rings. The molecule has 1 heterocycles. The maximum Gasteiger partial charge on any atom is 0.338 e. The van der Waals surface area contributed by atoms with E-state index in [1.165, 1.54) is 31.2 Å². The lowest BCUT2D eigenvalue weighted by molar-refractivity contribution is -0.253. The summed E-state index contributed by atoms with van der Waals surface area (Å²) in [4.78, 5) is 50.6. The van der Waals surface area contributed by atoms with Crippen molar-refractivity contribution in [3.63, 3.8) is 0 Å². The van der Waals surface area contributed by atoms with Crippen LogP contribution < -0.4 is 5.32 Å². The monoisotopic (exact) mass is 533 g/mol. The Morgan fingerprint density at radius 3 is 1.62 bits per heavy atom. The van der Waals surface area contributed by atoms with E-state index in [0.29, 0.717) is 0 Å². The first kappa shape index (κ1) is 27.5. The van der Waals surface area contributed by atoms with Crippen molar-refractivity contribution < 1.29 is 43.2 Å². The summed E-state index contributed by atoms with van der Waals surface area (Å²) in [6, 6.07) is 23.0. The third-order valence-electron chi connectivity index (χ3n) is 5.93. The molecule has 5 atom stereocenters. The van der Waals surface area contributed by atoms with Gasteiger partial charge >= 0.3 is 17.9 Å². The molecular weight excluding hydrogens is 506 g/mol. The second kappa shape index (κ2) is 12.8. The van der Waals surface area contributed by atoms with Gasteiger partial charge in [-0.2, -0.15) is 0 Å². The highest BCUT2D eigenvalue weighted by molar-refractivity contribution is 5.91. The van der Waals surface area contributed by atoms with Crippen LogP contribution in [0.15, 0.2) is 91.0 Å². The van der Waals surface area contributed by atoms with E-state index >= 15 is 0 Å². The van der Waals surface area contributed by atoms with E-state index in [-0.39, 0.29) is 16.7 Å². The van der Waals surface area contributed by atoms with Crippen LogP contribution in [0.5, 0.6) is 0 Å². The Kier molecular flexibility index (Phi) is 9.03. The van der Waals surface area contributed by atoms with Crippen molar-refractivity contribution in [3.05, 3.63) is 108 Å². The second-order valence-electron chi connectivity index (χ2n) is 8.73. The molecule has 2 unspecified atom stereocenters. The van der Waals surface area contributed by atoms with Crippen LogP contribution in [-0.2, 0) is 23.7 Å². The fourth-order valence-electron chi connectivity index (χ4n) is 4.07. The Bertz CT molecular complexity index is 1280. The number of carbonyl (C=O) groups is 4. The van der Waals surface area contributed by atoms with Crippen molar-refractivity contribution in [1.82, 2.24) is 5.32 Å². The highest BCUT2D eigenvalue weighted by Gasteiger charge is 2.51. The minimum Gasteiger partial charge on any atom is -0.459 e. The molecule has 1 fully saturated rings. The van der Waals surface area contributed by atoms with Crippen LogP contribution in [0.3, 0.4) is 0 Å². The Morgan fingerprint density at radius 2 is 1.15 bits per heavy atom. The van der Waals surface area contributed by atoms with E-state index < -0.39 is 61.1 Å². The zero-order valence-corrected chi connectivity index (χ0v) is 21.0. The third-order valence-corrected chi connectivity index (χ3v) is 5.93. The molecule has 1 saturated heterocycles. The van der Waals surface area contributed by atoms with Gasteiger partial charge in [0.05, 0.1) is 16.7 Å². The van der Waals surface area contributed by atoms with Gasteiger partial charge < -0.3 is 29.4 Å². The maximum absolute atomic E-state index is 13.1. The molecule has 0 aliphatic carbocycles. The average Bonchev–Trinajstić information content (AvgIpc) is 2.96. The first-order valence-corrected chi connectivity index (χ1v) is 12.2. The van der Waals surface area contributed by atoms with Crippen molar-refractivity contribution in [2.24, 2.45) is 0 Å². The van der Waals surface area contributed by atoms with E-state index in [2.05, 4.69) is 5.32 Å². The molecule has 1 amide bonds. The van der Waals surface area contributed by atoms with Crippen molar-refractivity contribution in [3.8, 4) is 0 Å². The number of aliphatic hydroxyl groups excluding tert-OH is 1. The summed E-state index contributed by atoms with van der Waals surface area (Å²) >= 11 is 0. The first-order valence-electron chi connectivity index (χ1n) is 12.2. The summed E-state index contributed by atoms with van der Waals surface area (Å²) in [7, 11) is 0. The van der Waals surface area contributed by atoms with Gasteiger partial charge in [0.2, 0.25) is 5.91 Å². The quantitative estimate of drug-likeness (QED) is 0.330. The minimum absolute atomic E-state index is 0.195. The Morgan fingerprint density at radius 1 is 0.718 bits per heavy atom. The van der Waals surface area contributed by atoms with Crippen LogP contribution in [0.1, 0.15) is 38.0 Å². The molecular formula is C29H27NO9. The second-order valence-corrected chi connectivity index (χ2v) is 8.73. The van der Waals surface area contributed by atoms with Gasteiger partial charge in [-0.05, 0) is 36.4 Å². The molecule has 0 bridgehead atoms. The van der Waals surface area contributed by atoms with Crippen molar-refractivity contribution in [2.45, 2.75) is 37.6 Å². The normalized spacial score (nSPS) is 22.3. The molecule has 0 spiro atoms. The zero-order chi connectivity index (χ0) is 27.8. The molecule has 2 N–H and O–H groups in total. The van der Waals surface area contributed by atoms with Gasteiger partial charge in [-0.3, -0.25) is 4.79 Å². The van der Waals surface area contributed by atoms with E-state index in [1.54, 1.807) is 66.7 Å². The average molecular weight is 534 g/mol. The molecule has 0 saturated carbocycles. The number of esters is 3. The first-order chi connectivity index (χ1) is 18.8. The van der Waals surface area contributed by atoms with Crippen LogP contribution >= 0.6 is 0 Å². The number of hydrogen-bond donors (Lipinski definition) is 2. The van der Waals surface area contributed by atoms with Crippen LogP contribution in [0.4, 0.5) is 0 Å². The number of ether oxygens (including phenoxy) is 4. The molecule has 202 valence electrons. The summed E-state index contributed by atoms with van der Waals surface area (Å²) in [6.45, 7) is 0.755. The van der Waals surface area contributed by atoms with E-state index in [4.69, 9.17) is 18.9 Å². The Hall–Kier alpha value is -4.54. The molecule has 39 heavy (non-hydrogen) atoms. The summed E-state index contributed by atoms with van der Waals surface area (Å²) in [5.74, 6) is -2.79. The van der Waals surface area contributed by atoms with Gasteiger partial charge in [-0.25, -0.2) is 14.4 Å². The molecule has 4 rings (SSSR count). The third kappa shape index (κ3) is 7.07. The number of benzene rings is 3. The lowest BCUT2D eigenvalue weighted by Gasteiger charge is -2.43. The smallest absolute Gasteiger partial charge is 0.338 e. The Labute approximate surface area is 224 Å². The number of carbonyl (C=O) groups excluding carboxylic acids is 4. The number of aliphatic hydroxyl groups is 1. The van der Waals surface area contributed by atoms with Gasteiger partial charge in [0.1, 0.15) is 18.8 Å². The molecule has 0 aromatic heterocycles. The van der Waals surface area contributed by atoms with E-state index in [0.717, 1.165) is 0 Å². The standard InChI is InChI=1S/C29H27NO9/c1-18(31)30-23-25(39-28(34)21-15-9-4-10-16-21)24(38-27(33)20-13-7-3-8-14-20)22(37-29(23)35)17-36-26(32)19-11-5-2-6-12-19/h2-16,22-25,29,35H,17H2,1H3,(H,30,31)/t22?,23-,24-,25?,29+/m0/s1. The van der Waals surface area contributed by atoms with Gasteiger partial charge in [-0.15, -0.1) is 0 Å². The van der Waals surface area contributed by atoms with Crippen molar-refractivity contribution in [1.29, 1.82) is 0 Å². The van der Waals surface area contributed by atoms with Crippen LogP contribution in [0.25, 0.3) is 0 Å². The number of hydrogen-bond acceptors (Lipinski definition) is 9. The Balaban J connectivity index is 1.64. The van der Waals surface area contributed by atoms with Crippen LogP contribution in [-0.4, -0.2) is 66.2 Å². The van der Waals surface area contributed by atoms with E-state index in [9.17, 15) is 24.3 Å². The summed E-state index contributed by atoms with van der Waals surface area (Å²) in [5, 5.41) is 13.3. The zero-order valence-electron chi connectivity index (χ0n) is 21.0. The summed E-state index contributed by atoms with van der Waals surface area (Å²) < 4.78 is 22.5. The summed E-state index contributed by atoms with van der Waals surface area (Å²) in [6.07, 6.45) is -5.72. The van der Waals surface area contributed by atoms with Gasteiger partial charge in [0.25, 0.3) is 0 Å². The van der Waals surface area contributed by atoms with Gasteiger partial charge in [0, 0.05) is 6.92 Å². The molecule has 1 aliphatic rings. The number of nitrogens with one attached hydrogen (secondary N) is 1. The fraction of sp³-hybridized carbons (Fsp3) is 0.241.